The topological polar surface area (TPSA) is 98.3 Å². The lowest BCUT2D eigenvalue weighted by Gasteiger charge is -2.41. The Labute approximate surface area is 157 Å². The van der Waals surface area contributed by atoms with E-state index in [0.717, 1.165) is 30.1 Å². The van der Waals surface area contributed by atoms with Crippen molar-refractivity contribution in [2.24, 2.45) is 17.6 Å². The second kappa shape index (κ2) is 7.13. The molecule has 1 aromatic heterocycles. The van der Waals surface area contributed by atoms with Crippen molar-refractivity contribution in [1.82, 2.24) is 14.7 Å². The molecule has 0 spiro atoms. The lowest BCUT2D eigenvalue weighted by Crippen LogP contribution is -2.47. The average molecular weight is 368 g/mol. The number of aromatic nitrogens is 2. The molecule has 1 aliphatic heterocycles. The number of hydrogen-bond acceptors (Lipinski definition) is 4. The number of nitrogens with zero attached hydrogens (tertiary/aromatic N) is 3. The van der Waals surface area contributed by atoms with E-state index < -0.39 is 5.91 Å². The highest BCUT2D eigenvalue weighted by Crippen LogP contribution is 2.36. The van der Waals surface area contributed by atoms with Crippen LogP contribution in [0.2, 0.25) is 0 Å². The Balaban J connectivity index is 1.59. The summed E-state index contributed by atoms with van der Waals surface area (Å²) in [4.78, 5) is 39.2. The summed E-state index contributed by atoms with van der Waals surface area (Å²) in [6.45, 7) is 1.32. The number of nitrogens with two attached hydrogens (primary N) is 1. The first-order valence-electron chi connectivity index (χ1n) is 9.62. The quantitative estimate of drug-likeness (QED) is 0.888. The highest BCUT2D eigenvalue weighted by atomic mass is 16.2. The molecule has 142 valence electrons. The van der Waals surface area contributed by atoms with Crippen molar-refractivity contribution in [3.8, 4) is 0 Å². The van der Waals surface area contributed by atoms with Crippen molar-refractivity contribution in [1.29, 1.82) is 0 Å². The smallest absolute Gasteiger partial charge is 0.275 e. The van der Waals surface area contributed by atoms with Crippen molar-refractivity contribution >= 4 is 22.6 Å². The van der Waals surface area contributed by atoms with Crippen LogP contribution < -0.4 is 11.3 Å². The molecule has 1 saturated carbocycles. The monoisotopic (exact) mass is 368 g/mol. The van der Waals surface area contributed by atoms with Gasteiger partial charge in [-0.3, -0.25) is 14.4 Å². The van der Waals surface area contributed by atoms with Crippen LogP contribution in [-0.2, 0) is 11.3 Å². The van der Waals surface area contributed by atoms with Gasteiger partial charge in [0.15, 0.2) is 5.69 Å². The van der Waals surface area contributed by atoms with E-state index in [9.17, 15) is 14.4 Å². The van der Waals surface area contributed by atoms with Crippen molar-refractivity contribution in [2.45, 2.75) is 38.6 Å². The van der Waals surface area contributed by atoms with Gasteiger partial charge < -0.3 is 10.6 Å². The minimum Gasteiger partial charge on any atom is -0.364 e. The molecule has 1 aliphatic carbocycles. The van der Waals surface area contributed by atoms with Gasteiger partial charge in [0, 0.05) is 18.5 Å². The van der Waals surface area contributed by atoms with Gasteiger partial charge in [-0.2, -0.15) is 5.10 Å². The second-order valence-corrected chi connectivity index (χ2v) is 7.65. The van der Waals surface area contributed by atoms with Crippen LogP contribution >= 0.6 is 0 Å². The first-order chi connectivity index (χ1) is 13.0. The minimum atomic E-state index is -0.713. The third-order valence-corrected chi connectivity index (χ3v) is 6.03. The zero-order valence-electron chi connectivity index (χ0n) is 15.3. The highest BCUT2D eigenvalue weighted by molar-refractivity contribution is 6.04. The summed E-state index contributed by atoms with van der Waals surface area (Å²) >= 11 is 0. The molecule has 7 heteroatoms. The molecular weight excluding hydrogens is 344 g/mol. The van der Waals surface area contributed by atoms with Gasteiger partial charge in [0.05, 0.1) is 5.39 Å². The summed E-state index contributed by atoms with van der Waals surface area (Å²) in [7, 11) is 0. The third kappa shape index (κ3) is 3.34. The number of carbonyl (C=O) groups is 2. The summed E-state index contributed by atoms with van der Waals surface area (Å²) < 4.78 is 1.08. The van der Waals surface area contributed by atoms with Crippen molar-refractivity contribution < 1.29 is 9.59 Å². The molecule has 2 amide bonds. The van der Waals surface area contributed by atoms with E-state index in [0.29, 0.717) is 16.7 Å². The Morgan fingerprint density at radius 2 is 1.78 bits per heavy atom. The Morgan fingerprint density at radius 1 is 1.07 bits per heavy atom. The van der Waals surface area contributed by atoms with Gasteiger partial charge in [-0.05, 0) is 30.7 Å². The fraction of sp³-hybridized carbons (Fsp3) is 0.500. The Bertz CT molecular complexity index is 952. The van der Waals surface area contributed by atoms with Gasteiger partial charge >= 0.3 is 0 Å². The molecule has 2 fully saturated rings. The molecule has 4 rings (SSSR count). The predicted octanol–water partition coefficient (Wildman–Crippen LogP) is 1.53. The van der Waals surface area contributed by atoms with Gasteiger partial charge in [0.25, 0.3) is 11.5 Å². The maximum absolute atomic E-state index is 12.8. The molecular formula is C20H24N4O3. The second-order valence-electron chi connectivity index (χ2n) is 7.65. The molecule has 0 unspecified atom stereocenters. The number of hydrogen-bond donors (Lipinski definition) is 1. The van der Waals surface area contributed by atoms with Crippen LogP contribution in [0.5, 0.6) is 0 Å². The van der Waals surface area contributed by atoms with Gasteiger partial charge in [0.2, 0.25) is 5.91 Å². The van der Waals surface area contributed by atoms with Crippen LogP contribution in [0.4, 0.5) is 0 Å². The van der Waals surface area contributed by atoms with E-state index in [1.54, 1.807) is 24.3 Å². The highest BCUT2D eigenvalue weighted by Gasteiger charge is 2.33. The van der Waals surface area contributed by atoms with Crippen LogP contribution in [0.25, 0.3) is 10.8 Å². The van der Waals surface area contributed by atoms with Crippen LogP contribution in [0.1, 0.15) is 42.6 Å². The summed E-state index contributed by atoms with van der Waals surface area (Å²) in [6, 6.07) is 6.71. The SMILES string of the molecule is NC(=O)c1nn(CC(=O)N2CC[C@H]3CCCC[C@H]3C2)c(=O)c2ccccc12. The zero-order valence-corrected chi connectivity index (χ0v) is 15.3. The first-order valence-corrected chi connectivity index (χ1v) is 9.62. The largest absolute Gasteiger partial charge is 0.364 e. The third-order valence-electron chi connectivity index (χ3n) is 6.03. The molecule has 2 atom stereocenters. The summed E-state index contributed by atoms with van der Waals surface area (Å²) in [5, 5.41) is 4.86. The van der Waals surface area contributed by atoms with E-state index in [-0.39, 0.29) is 23.7 Å². The van der Waals surface area contributed by atoms with E-state index >= 15 is 0 Å². The maximum Gasteiger partial charge on any atom is 0.275 e. The minimum absolute atomic E-state index is 0.0176. The van der Waals surface area contributed by atoms with Gasteiger partial charge in [0.1, 0.15) is 6.54 Å². The number of carbonyl (C=O) groups excluding carboxylic acids is 2. The molecule has 2 aliphatic rings. The van der Waals surface area contributed by atoms with Gasteiger partial charge in [-0.25, -0.2) is 4.68 Å². The van der Waals surface area contributed by atoms with Crippen LogP contribution in [0.15, 0.2) is 29.1 Å². The number of benzene rings is 1. The van der Waals surface area contributed by atoms with Crippen LogP contribution in [-0.4, -0.2) is 39.6 Å². The molecule has 7 nitrogen and oxygen atoms in total. The lowest BCUT2D eigenvalue weighted by molar-refractivity contribution is -0.135. The number of primary amides is 1. The zero-order chi connectivity index (χ0) is 19.0. The van der Waals surface area contributed by atoms with E-state index in [4.69, 9.17) is 5.73 Å². The number of fused-ring (bicyclic) bond motifs is 2. The van der Waals surface area contributed by atoms with Gasteiger partial charge in [-0.1, -0.05) is 37.5 Å². The fourth-order valence-electron chi connectivity index (χ4n) is 4.58. The molecule has 2 N–H and O–H groups in total. The van der Waals surface area contributed by atoms with Crippen LogP contribution in [0, 0.1) is 11.8 Å². The molecule has 27 heavy (non-hydrogen) atoms. The van der Waals surface area contributed by atoms with Crippen LogP contribution in [0.3, 0.4) is 0 Å². The summed E-state index contributed by atoms with van der Waals surface area (Å²) in [5.41, 5.74) is 5.07. The predicted molar refractivity (Wildman–Crippen MR) is 101 cm³/mol. The molecule has 1 aromatic carbocycles. The number of piperidine rings is 1. The molecule has 1 saturated heterocycles. The fourth-order valence-corrected chi connectivity index (χ4v) is 4.58. The summed E-state index contributed by atoms with van der Waals surface area (Å²) in [6.07, 6.45) is 6.00. The normalized spacial score (nSPS) is 22.4. The first kappa shape index (κ1) is 17.7. The lowest BCUT2D eigenvalue weighted by atomic mass is 9.75. The molecule has 2 aromatic rings. The summed E-state index contributed by atoms with van der Waals surface area (Å²) in [5.74, 6) is 0.458. The Morgan fingerprint density at radius 3 is 2.52 bits per heavy atom. The molecule has 0 radical (unpaired) electrons. The van der Waals surface area contributed by atoms with Crippen molar-refractivity contribution in [2.75, 3.05) is 13.1 Å². The molecule has 2 heterocycles. The van der Waals surface area contributed by atoms with Crippen molar-refractivity contribution in [3.63, 3.8) is 0 Å². The van der Waals surface area contributed by atoms with E-state index in [1.165, 1.54) is 25.7 Å². The standard InChI is InChI=1S/C20H24N4O3/c21-19(26)18-15-7-3-4-8-16(15)20(27)24(22-18)12-17(25)23-10-9-13-5-1-2-6-14(13)11-23/h3-4,7-8,13-14H,1-2,5-6,9-12H2,(H2,21,26)/t13-,14+/m1/s1. The number of amides is 2. The Hall–Kier alpha value is -2.70. The van der Waals surface area contributed by atoms with E-state index in [2.05, 4.69) is 5.10 Å². The molecule has 0 bridgehead atoms. The maximum atomic E-state index is 12.8. The van der Waals surface area contributed by atoms with Gasteiger partial charge in [-0.15, -0.1) is 0 Å². The van der Waals surface area contributed by atoms with E-state index in [1.807, 2.05) is 4.90 Å². The number of likely N-dealkylation sites (tertiary alicyclic amines) is 1. The average Bonchev–Trinajstić information content (AvgIpc) is 2.69. The number of rotatable bonds is 3. The van der Waals surface area contributed by atoms with Crippen molar-refractivity contribution in [3.05, 3.63) is 40.3 Å². The Kier molecular flexibility index (Phi) is 4.68.